The van der Waals surface area contributed by atoms with Crippen LogP contribution in [0.15, 0.2) is 18.2 Å². The highest BCUT2D eigenvalue weighted by atomic mass is 16.5. The predicted molar refractivity (Wildman–Crippen MR) is 55.0 cm³/mol. The molecular weight excluding hydrogens is 194 g/mol. The van der Waals surface area contributed by atoms with E-state index in [1.54, 1.807) is 14.2 Å². The lowest BCUT2D eigenvalue weighted by atomic mass is 9.96. The number of ether oxygens (including phenoxy) is 2. The Hall–Kier alpha value is -1.71. The molecular formula is C11H13NO3. The van der Waals surface area contributed by atoms with Crippen molar-refractivity contribution < 1.29 is 14.3 Å². The monoisotopic (exact) mass is 207 g/mol. The van der Waals surface area contributed by atoms with E-state index in [9.17, 15) is 4.79 Å². The summed E-state index contributed by atoms with van der Waals surface area (Å²) in [5.41, 5.74) is 0.969. The summed E-state index contributed by atoms with van der Waals surface area (Å²) in [6.07, 6.45) is 0.517. The van der Waals surface area contributed by atoms with Crippen LogP contribution in [0.1, 0.15) is 18.0 Å². The van der Waals surface area contributed by atoms with Crippen molar-refractivity contribution in [2.24, 2.45) is 0 Å². The number of methoxy groups -OCH3 is 2. The minimum Gasteiger partial charge on any atom is -0.493 e. The van der Waals surface area contributed by atoms with Gasteiger partial charge in [-0.25, -0.2) is 0 Å². The van der Waals surface area contributed by atoms with Crippen LogP contribution in [0.2, 0.25) is 0 Å². The van der Waals surface area contributed by atoms with Gasteiger partial charge in [-0.1, -0.05) is 12.1 Å². The van der Waals surface area contributed by atoms with E-state index in [0.29, 0.717) is 17.9 Å². The summed E-state index contributed by atoms with van der Waals surface area (Å²) in [7, 11) is 3.20. The zero-order chi connectivity index (χ0) is 10.8. The standard InChI is InChI=1S/C11H13NO3/c1-14-9-5-3-4-7(11(9)15-2)8-6-10(13)12-8/h3-5,8H,6H2,1-2H3,(H,12,13). The minimum atomic E-state index is 0.0579. The molecule has 15 heavy (non-hydrogen) atoms. The summed E-state index contributed by atoms with van der Waals surface area (Å²) in [4.78, 5) is 10.9. The van der Waals surface area contributed by atoms with Gasteiger partial charge in [-0.15, -0.1) is 0 Å². The molecule has 0 saturated carbocycles. The highest BCUT2D eigenvalue weighted by molar-refractivity contribution is 5.83. The molecule has 1 amide bonds. The number of β-lactam (4-membered cyclic amide) rings is 1. The van der Waals surface area contributed by atoms with Gasteiger partial charge < -0.3 is 14.8 Å². The highest BCUT2D eigenvalue weighted by Crippen LogP contribution is 2.37. The van der Waals surface area contributed by atoms with Crippen molar-refractivity contribution in [2.75, 3.05) is 14.2 Å². The molecule has 1 saturated heterocycles. The van der Waals surface area contributed by atoms with Gasteiger partial charge in [0.1, 0.15) is 0 Å². The molecule has 4 nitrogen and oxygen atoms in total. The quantitative estimate of drug-likeness (QED) is 0.759. The molecule has 1 unspecified atom stereocenters. The molecule has 1 aliphatic rings. The molecule has 1 aliphatic heterocycles. The van der Waals surface area contributed by atoms with Crippen molar-refractivity contribution >= 4 is 5.91 Å². The normalized spacial score (nSPS) is 19.1. The topological polar surface area (TPSA) is 47.6 Å². The molecule has 4 heteroatoms. The average molecular weight is 207 g/mol. The second-order valence-electron chi connectivity index (χ2n) is 3.41. The molecule has 1 fully saturated rings. The smallest absolute Gasteiger partial charge is 0.222 e. The lowest BCUT2D eigenvalue weighted by Crippen LogP contribution is -2.41. The number of hydrogen-bond donors (Lipinski definition) is 1. The molecule has 0 bridgehead atoms. The van der Waals surface area contributed by atoms with Crippen LogP contribution >= 0.6 is 0 Å². The van der Waals surface area contributed by atoms with Gasteiger partial charge in [0.05, 0.1) is 26.7 Å². The SMILES string of the molecule is COc1cccc(C2CC(=O)N2)c1OC. The van der Waals surface area contributed by atoms with Gasteiger partial charge in [0.15, 0.2) is 11.5 Å². The Balaban J connectivity index is 2.33. The number of carbonyl (C=O) groups is 1. The molecule has 1 heterocycles. The number of hydrogen-bond acceptors (Lipinski definition) is 3. The van der Waals surface area contributed by atoms with Gasteiger partial charge in [-0.05, 0) is 6.07 Å². The van der Waals surface area contributed by atoms with Crippen molar-refractivity contribution in [2.45, 2.75) is 12.5 Å². The molecule has 0 spiro atoms. The van der Waals surface area contributed by atoms with E-state index in [1.807, 2.05) is 18.2 Å². The Labute approximate surface area is 88.2 Å². The summed E-state index contributed by atoms with van der Waals surface area (Å²) < 4.78 is 10.5. The van der Waals surface area contributed by atoms with Gasteiger partial charge >= 0.3 is 0 Å². The van der Waals surface area contributed by atoms with Crippen molar-refractivity contribution in [3.05, 3.63) is 23.8 Å². The fourth-order valence-corrected chi connectivity index (χ4v) is 1.73. The summed E-state index contributed by atoms with van der Waals surface area (Å²) in [5, 5.41) is 2.81. The fourth-order valence-electron chi connectivity index (χ4n) is 1.73. The van der Waals surface area contributed by atoms with Crippen LogP contribution in [0.3, 0.4) is 0 Å². The number of benzene rings is 1. The Morgan fingerprint density at radius 3 is 2.60 bits per heavy atom. The van der Waals surface area contributed by atoms with Gasteiger partial charge in [0, 0.05) is 5.56 Å². The highest BCUT2D eigenvalue weighted by Gasteiger charge is 2.30. The third-order valence-electron chi connectivity index (χ3n) is 2.53. The van der Waals surface area contributed by atoms with E-state index >= 15 is 0 Å². The van der Waals surface area contributed by atoms with E-state index in [-0.39, 0.29) is 11.9 Å². The summed E-state index contributed by atoms with van der Waals surface area (Å²) >= 11 is 0. The summed E-state index contributed by atoms with van der Waals surface area (Å²) in [6, 6.07) is 5.72. The first kappa shape index (κ1) is 9.83. The number of carbonyl (C=O) groups excluding carboxylic acids is 1. The fraction of sp³-hybridized carbons (Fsp3) is 0.364. The number of rotatable bonds is 3. The molecule has 1 aromatic carbocycles. The van der Waals surface area contributed by atoms with Crippen molar-refractivity contribution in [3.63, 3.8) is 0 Å². The molecule has 80 valence electrons. The summed E-state index contributed by atoms with van der Waals surface area (Å²) in [6.45, 7) is 0. The van der Waals surface area contributed by atoms with Gasteiger partial charge in [0.25, 0.3) is 0 Å². The molecule has 1 aromatic rings. The Morgan fingerprint density at radius 1 is 1.33 bits per heavy atom. The van der Waals surface area contributed by atoms with Crippen molar-refractivity contribution in [1.29, 1.82) is 0 Å². The molecule has 0 radical (unpaired) electrons. The third kappa shape index (κ3) is 1.63. The molecule has 2 rings (SSSR count). The van der Waals surface area contributed by atoms with Crippen LogP contribution in [0.4, 0.5) is 0 Å². The maximum absolute atomic E-state index is 10.9. The second kappa shape index (κ2) is 3.81. The van der Waals surface area contributed by atoms with E-state index < -0.39 is 0 Å². The van der Waals surface area contributed by atoms with Crippen LogP contribution < -0.4 is 14.8 Å². The molecule has 1 N–H and O–H groups in total. The maximum Gasteiger partial charge on any atom is 0.222 e. The lowest BCUT2D eigenvalue weighted by Gasteiger charge is -2.28. The van der Waals surface area contributed by atoms with Crippen LogP contribution in [-0.2, 0) is 4.79 Å². The first-order valence-electron chi connectivity index (χ1n) is 4.76. The van der Waals surface area contributed by atoms with Crippen LogP contribution in [0, 0.1) is 0 Å². The van der Waals surface area contributed by atoms with Crippen molar-refractivity contribution in [3.8, 4) is 11.5 Å². The molecule has 0 aliphatic carbocycles. The van der Waals surface area contributed by atoms with Gasteiger partial charge in [-0.2, -0.15) is 0 Å². The van der Waals surface area contributed by atoms with Crippen molar-refractivity contribution in [1.82, 2.24) is 5.32 Å². The van der Waals surface area contributed by atoms with Crippen LogP contribution in [0.25, 0.3) is 0 Å². The number of nitrogens with one attached hydrogen (secondary N) is 1. The Kier molecular flexibility index (Phi) is 2.49. The van der Waals surface area contributed by atoms with E-state index in [0.717, 1.165) is 5.56 Å². The molecule has 1 atom stereocenters. The largest absolute Gasteiger partial charge is 0.493 e. The number of amides is 1. The third-order valence-corrected chi connectivity index (χ3v) is 2.53. The van der Waals surface area contributed by atoms with Gasteiger partial charge in [0.2, 0.25) is 5.91 Å². The lowest BCUT2D eigenvalue weighted by molar-refractivity contribution is -0.128. The molecule has 0 aromatic heterocycles. The van der Waals surface area contributed by atoms with Crippen LogP contribution in [-0.4, -0.2) is 20.1 Å². The minimum absolute atomic E-state index is 0.0579. The van der Waals surface area contributed by atoms with E-state index in [1.165, 1.54) is 0 Å². The average Bonchev–Trinajstić information content (AvgIpc) is 2.23. The zero-order valence-electron chi connectivity index (χ0n) is 8.74. The summed E-state index contributed by atoms with van der Waals surface area (Å²) in [5.74, 6) is 1.46. The van der Waals surface area contributed by atoms with Gasteiger partial charge in [-0.3, -0.25) is 4.79 Å². The predicted octanol–water partition coefficient (Wildman–Crippen LogP) is 1.26. The van der Waals surface area contributed by atoms with E-state index in [2.05, 4.69) is 5.32 Å². The maximum atomic E-state index is 10.9. The number of para-hydroxylation sites is 1. The first-order chi connectivity index (χ1) is 7.26. The first-order valence-corrected chi connectivity index (χ1v) is 4.76. The Morgan fingerprint density at radius 2 is 2.07 bits per heavy atom. The second-order valence-corrected chi connectivity index (χ2v) is 3.41. The van der Waals surface area contributed by atoms with E-state index in [4.69, 9.17) is 9.47 Å². The zero-order valence-corrected chi connectivity index (χ0v) is 8.74. The Bertz CT molecular complexity index is 381. The van der Waals surface area contributed by atoms with Crippen LogP contribution in [0.5, 0.6) is 11.5 Å².